The first-order valence-corrected chi connectivity index (χ1v) is 5.44. The fourth-order valence-electron chi connectivity index (χ4n) is 1.85. The van der Waals surface area contributed by atoms with Gasteiger partial charge in [0.05, 0.1) is 12.5 Å². The number of nitrogens with zero attached hydrogens (tertiary/aromatic N) is 2. The lowest BCUT2D eigenvalue weighted by molar-refractivity contribution is -0.159. The minimum Gasteiger partial charge on any atom is -0.361 e. The summed E-state index contributed by atoms with van der Waals surface area (Å²) in [7, 11) is 0. The SMILES string of the molecule is O=C1[C](CCO[C]2CCN(O)C2=O)CCN1O. The van der Waals surface area contributed by atoms with Crippen LogP contribution in [0.5, 0.6) is 0 Å². The van der Waals surface area contributed by atoms with E-state index in [2.05, 4.69) is 0 Å². The van der Waals surface area contributed by atoms with E-state index in [9.17, 15) is 9.59 Å². The number of hydrogen-bond donors (Lipinski definition) is 2. The average Bonchev–Trinajstić information content (AvgIpc) is 2.79. The molecule has 0 unspecified atom stereocenters. The smallest absolute Gasteiger partial charge is 0.281 e. The molecule has 2 fully saturated rings. The summed E-state index contributed by atoms with van der Waals surface area (Å²) in [5.41, 5.74) is 0. The second-order valence-electron chi connectivity index (χ2n) is 3.98. The number of hydrogen-bond acceptors (Lipinski definition) is 5. The number of hydroxylamine groups is 4. The van der Waals surface area contributed by atoms with Gasteiger partial charge in [-0.3, -0.25) is 20.0 Å². The van der Waals surface area contributed by atoms with Crippen LogP contribution >= 0.6 is 0 Å². The normalized spacial score (nSPS) is 23.2. The molecule has 0 aromatic carbocycles. The van der Waals surface area contributed by atoms with Gasteiger partial charge < -0.3 is 4.74 Å². The molecule has 7 nitrogen and oxygen atoms in total. The van der Waals surface area contributed by atoms with Crippen LogP contribution in [0.4, 0.5) is 0 Å². The number of carbonyl (C=O) groups is 2. The van der Waals surface area contributed by atoms with E-state index in [0.717, 1.165) is 0 Å². The molecule has 0 aromatic heterocycles. The predicted molar refractivity (Wildman–Crippen MR) is 53.3 cm³/mol. The maximum absolute atomic E-state index is 11.3. The Labute approximate surface area is 98.5 Å². The molecule has 0 spiro atoms. The van der Waals surface area contributed by atoms with Crippen molar-refractivity contribution in [2.24, 2.45) is 0 Å². The molecule has 0 atom stereocenters. The van der Waals surface area contributed by atoms with Crippen molar-refractivity contribution in [3.05, 3.63) is 12.0 Å². The van der Waals surface area contributed by atoms with Crippen LogP contribution < -0.4 is 0 Å². The number of rotatable bonds is 4. The predicted octanol–water partition coefficient (Wildman–Crippen LogP) is -0.257. The molecule has 0 aliphatic carbocycles. The van der Waals surface area contributed by atoms with Gasteiger partial charge in [-0.05, 0) is 12.8 Å². The molecule has 2 radical (unpaired) electrons. The fourth-order valence-corrected chi connectivity index (χ4v) is 1.85. The van der Waals surface area contributed by atoms with Gasteiger partial charge in [-0.2, -0.15) is 0 Å². The van der Waals surface area contributed by atoms with E-state index in [-0.39, 0.29) is 25.2 Å². The molecular formula is C10H14N2O5. The Kier molecular flexibility index (Phi) is 3.60. The van der Waals surface area contributed by atoms with Gasteiger partial charge in [0, 0.05) is 19.6 Å². The van der Waals surface area contributed by atoms with E-state index in [1.165, 1.54) is 0 Å². The molecule has 2 rings (SSSR count). The van der Waals surface area contributed by atoms with Gasteiger partial charge >= 0.3 is 0 Å². The summed E-state index contributed by atoms with van der Waals surface area (Å²) in [6.07, 6.45) is 1.51. The summed E-state index contributed by atoms with van der Waals surface area (Å²) >= 11 is 0. The third kappa shape index (κ3) is 2.56. The molecular weight excluding hydrogens is 228 g/mol. The first-order chi connectivity index (χ1) is 8.09. The Hall–Kier alpha value is -1.18. The van der Waals surface area contributed by atoms with Gasteiger partial charge in [-0.25, -0.2) is 10.1 Å². The van der Waals surface area contributed by atoms with E-state index >= 15 is 0 Å². The van der Waals surface area contributed by atoms with Gasteiger partial charge in [-0.15, -0.1) is 0 Å². The maximum atomic E-state index is 11.3. The zero-order valence-electron chi connectivity index (χ0n) is 9.26. The Morgan fingerprint density at radius 2 is 1.71 bits per heavy atom. The third-order valence-electron chi connectivity index (χ3n) is 2.87. The summed E-state index contributed by atoms with van der Waals surface area (Å²) < 4.78 is 5.22. The van der Waals surface area contributed by atoms with Crippen molar-refractivity contribution in [3.63, 3.8) is 0 Å². The molecule has 0 saturated carbocycles. The maximum Gasteiger partial charge on any atom is 0.281 e. The van der Waals surface area contributed by atoms with Gasteiger partial charge in [-0.1, -0.05) is 0 Å². The lowest BCUT2D eigenvalue weighted by Gasteiger charge is -2.11. The molecule has 94 valence electrons. The molecule has 2 saturated heterocycles. The number of amides is 2. The van der Waals surface area contributed by atoms with E-state index < -0.39 is 5.91 Å². The lowest BCUT2D eigenvalue weighted by atomic mass is 10.1. The van der Waals surface area contributed by atoms with Crippen molar-refractivity contribution in [1.82, 2.24) is 10.1 Å². The molecule has 0 aromatic rings. The van der Waals surface area contributed by atoms with Crippen LogP contribution in [0.1, 0.15) is 19.3 Å². The Morgan fingerprint density at radius 3 is 2.24 bits per heavy atom. The largest absolute Gasteiger partial charge is 0.361 e. The monoisotopic (exact) mass is 242 g/mol. The van der Waals surface area contributed by atoms with Crippen molar-refractivity contribution in [2.75, 3.05) is 19.7 Å². The highest BCUT2D eigenvalue weighted by Gasteiger charge is 2.35. The standard InChI is InChI=1S/C10H14N2O5/c13-9-7(1-4-11(9)15)3-6-17-8-2-5-12(16)10(8)14/h15-16H,1-6H2. The highest BCUT2D eigenvalue weighted by molar-refractivity contribution is 5.91. The Bertz CT molecular complexity index is 292. The molecule has 0 bridgehead atoms. The average molecular weight is 242 g/mol. The first kappa shape index (κ1) is 12.3. The molecule has 2 heterocycles. The first-order valence-electron chi connectivity index (χ1n) is 5.44. The fraction of sp³-hybridized carbons (Fsp3) is 0.600. The second kappa shape index (κ2) is 4.99. The topological polar surface area (TPSA) is 90.3 Å². The number of ether oxygens (including phenoxy) is 1. The van der Waals surface area contributed by atoms with Crippen LogP contribution in [0.15, 0.2) is 0 Å². The lowest BCUT2D eigenvalue weighted by Crippen LogP contribution is -2.25. The van der Waals surface area contributed by atoms with Gasteiger partial charge in [0.2, 0.25) is 0 Å². The summed E-state index contributed by atoms with van der Waals surface area (Å²) in [6.45, 7) is 0.770. The highest BCUT2D eigenvalue weighted by Crippen LogP contribution is 2.24. The van der Waals surface area contributed by atoms with E-state index in [1.807, 2.05) is 0 Å². The third-order valence-corrected chi connectivity index (χ3v) is 2.87. The minimum absolute atomic E-state index is 0.212. The zero-order valence-corrected chi connectivity index (χ0v) is 9.26. The summed E-state index contributed by atoms with van der Waals surface area (Å²) in [6, 6.07) is 0. The van der Waals surface area contributed by atoms with Crippen molar-refractivity contribution >= 4 is 11.8 Å². The second-order valence-corrected chi connectivity index (χ2v) is 3.98. The van der Waals surface area contributed by atoms with Crippen molar-refractivity contribution in [3.8, 4) is 0 Å². The number of carbonyl (C=O) groups excluding carboxylic acids is 2. The molecule has 7 heteroatoms. The van der Waals surface area contributed by atoms with Crippen LogP contribution in [0.2, 0.25) is 0 Å². The molecule has 2 aliphatic heterocycles. The summed E-state index contributed by atoms with van der Waals surface area (Å²) in [5.74, 6) is -0.295. The van der Waals surface area contributed by atoms with Crippen LogP contribution in [-0.4, -0.2) is 52.1 Å². The van der Waals surface area contributed by atoms with Crippen LogP contribution in [0, 0.1) is 12.0 Å². The molecule has 2 N–H and O–H groups in total. The van der Waals surface area contributed by atoms with Crippen LogP contribution in [0.3, 0.4) is 0 Å². The van der Waals surface area contributed by atoms with E-state index in [1.54, 1.807) is 0 Å². The summed E-state index contributed by atoms with van der Waals surface area (Å²) in [4.78, 5) is 22.6. The zero-order chi connectivity index (χ0) is 12.4. The summed E-state index contributed by atoms with van der Waals surface area (Å²) in [5, 5.41) is 19.4. The van der Waals surface area contributed by atoms with Gasteiger partial charge in [0.25, 0.3) is 11.8 Å². The van der Waals surface area contributed by atoms with Crippen LogP contribution in [-0.2, 0) is 14.3 Å². The van der Waals surface area contributed by atoms with Gasteiger partial charge in [0.15, 0.2) is 6.10 Å². The highest BCUT2D eigenvalue weighted by atomic mass is 16.5. The van der Waals surface area contributed by atoms with Crippen LogP contribution in [0.25, 0.3) is 0 Å². The quantitative estimate of drug-likeness (QED) is 0.663. The van der Waals surface area contributed by atoms with Crippen molar-refractivity contribution in [1.29, 1.82) is 0 Å². The Morgan fingerprint density at radius 1 is 1.06 bits per heavy atom. The van der Waals surface area contributed by atoms with E-state index in [4.69, 9.17) is 15.2 Å². The van der Waals surface area contributed by atoms with E-state index in [0.29, 0.717) is 41.9 Å². The minimum atomic E-state index is -0.517. The molecule has 2 amide bonds. The van der Waals surface area contributed by atoms with Gasteiger partial charge in [0.1, 0.15) is 0 Å². The van der Waals surface area contributed by atoms with Crippen molar-refractivity contribution < 1.29 is 24.7 Å². The molecule has 17 heavy (non-hydrogen) atoms. The Balaban J connectivity index is 1.70. The van der Waals surface area contributed by atoms with Crippen molar-refractivity contribution in [2.45, 2.75) is 19.3 Å². The molecule has 2 aliphatic rings.